The number of carbonyl (C=O) groups excluding carboxylic acids is 2. The minimum atomic E-state index is -4.38. The molecular formula is C55H104NO8P. The van der Waals surface area contributed by atoms with E-state index in [4.69, 9.17) is 24.3 Å². The van der Waals surface area contributed by atoms with E-state index in [1.165, 1.54) is 186 Å². The second-order valence-electron chi connectivity index (χ2n) is 18.5. The van der Waals surface area contributed by atoms with E-state index in [0.717, 1.165) is 51.4 Å². The number of phosphoric ester groups is 1. The first-order chi connectivity index (χ1) is 31.8. The molecule has 0 aliphatic carbocycles. The normalized spacial score (nSPS) is 13.4. The Morgan fingerprint density at radius 2 is 0.800 bits per heavy atom. The molecule has 10 heteroatoms. The van der Waals surface area contributed by atoms with Gasteiger partial charge >= 0.3 is 19.8 Å². The molecule has 0 aliphatic heterocycles. The fraction of sp³-hybridized carbons (Fsp3) is 0.855. The van der Waals surface area contributed by atoms with Crippen LogP contribution in [-0.4, -0.2) is 49.3 Å². The van der Waals surface area contributed by atoms with Crippen LogP contribution in [0, 0.1) is 0 Å². The smallest absolute Gasteiger partial charge is 0.462 e. The molecule has 2 atom stereocenters. The van der Waals surface area contributed by atoms with E-state index in [1.807, 2.05) is 0 Å². The van der Waals surface area contributed by atoms with Crippen LogP contribution in [0.4, 0.5) is 0 Å². The largest absolute Gasteiger partial charge is 0.472 e. The van der Waals surface area contributed by atoms with E-state index in [0.29, 0.717) is 6.42 Å². The van der Waals surface area contributed by atoms with E-state index in [9.17, 15) is 19.0 Å². The number of carbonyl (C=O) groups is 2. The van der Waals surface area contributed by atoms with Gasteiger partial charge in [-0.3, -0.25) is 18.6 Å². The van der Waals surface area contributed by atoms with E-state index < -0.39 is 26.5 Å². The maximum Gasteiger partial charge on any atom is 0.472 e. The third kappa shape index (κ3) is 51.5. The van der Waals surface area contributed by atoms with Gasteiger partial charge in [-0.05, 0) is 51.4 Å². The van der Waals surface area contributed by atoms with Crippen LogP contribution in [0.25, 0.3) is 0 Å². The Morgan fingerprint density at radius 1 is 0.462 bits per heavy atom. The average Bonchev–Trinajstić information content (AvgIpc) is 3.30. The maximum atomic E-state index is 12.7. The number of nitrogens with two attached hydrogens (primary N) is 1. The van der Waals surface area contributed by atoms with Crippen molar-refractivity contribution < 1.29 is 37.6 Å². The highest BCUT2D eigenvalue weighted by Gasteiger charge is 2.26. The van der Waals surface area contributed by atoms with E-state index in [1.54, 1.807) is 0 Å². The molecule has 9 nitrogen and oxygen atoms in total. The van der Waals surface area contributed by atoms with Gasteiger partial charge in [0.15, 0.2) is 6.10 Å². The monoisotopic (exact) mass is 938 g/mol. The van der Waals surface area contributed by atoms with E-state index in [-0.39, 0.29) is 38.6 Å². The third-order valence-electron chi connectivity index (χ3n) is 12.0. The second kappa shape index (κ2) is 51.6. The molecule has 0 aliphatic rings. The van der Waals surface area contributed by atoms with Crippen LogP contribution in [-0.2, 0) is 32.7 Å². The van der Waals surface area contributed by atoms with Gasteiger partial charge in [0.25, 0.3) is 0 Å². The third-order valence-corrected chi connectivity index (χ3v) is 13.0. The first-order valence-corrected chi connectivity index (χ1v) is 29.0. The molecule has 0 fully saturated rings. The quantitative estimate of drug-likeness (QED) is 0.0264. The molecule has 0 rings (SSSR count). The molecule has 0 aromatic heterocycles. The molecule has 0 saturated heterocycles. The van der Waals surface area contributed by atoms with Gasteiger partial charge < -0.3 is 20.1 Å². The fourth-order valence-electron chi connectivity index (χ4n) is 7.94. The highest BCUT2D eigenvalue weighted by atomic mass is 31.2. The summed E-state index contributed by atoms with van der Waals surface area (Å²) in [6, 6.07) is 0. The zero-order valence-corrected chi connectivity index (χ0v) is 43.4. The zero-order valence-electron chi connectivity index (χ0n) is 42.5. The summed E-state index contributed by atoms with van der Waals surface area (Å²) in [6.07, 6.45) is 60.4. The minimum absolute atomic E-state index is 0.0545. The Bertz CT molecular complexity index is 1160. The van der Waals surface area contributed by atoms with Crippen LogP contribution >= 0.6 is 7.82 Å². The molecule has 0 spiro atoms. The summed E-state index contributed by atoms with van der Waals surface area (Å²) in [7, 11) is -4.38. The first kappa shape index (κ1) is 63.2. The Hall–Kier alpha value is -1.77. The Kier molecular flexibility index (Phi) is 50.2. The zero-order chi connectivity index (χ0) is 47.4. The molecular weight excluding hydrogens is 834 g/mol. The Balaban J connectivity index is 3.97. The molecule has 0 aromatic rings. The molecule has 0 radical (unpaired) electrons. The summed E-state index contributed by atoms with van der Waals surface area (Å²) < 4.78 is 33.0. The molecule has 0 saturated carbocycles. The highest BCUT2D eigenvalue weighted by Crippen LogP contribution is 2.43. The lowest BCUT2D eigenvalue weighted by atomic mass is 10.0. The molecule has 0 heterocycles. The van der Waals surface area contributed by atoms with Crippen molar-refractivity contribution in [3.8, 4) is 0 Å². The number of unbranched alkanes of at least 4 members (excludes halogenated alkanes) is 33. The summed E-state index contributed by atoms with van der Waals surface area (Å²) in [5.41, 5.74) is 5.37. The number of rotatable bonds is 52. The van der Waals surface area contributed by atoms with Crippen LogP contribution in [0.3, 0.4) is 0 Å². The number of ether oxygens (including phenoxy) is 2. The SMILES string of the molecule is CCCCCCC/C=C\C/C=C\C/C=C\CCCCCCCCCCCCCCC(=O)OC(COC(=O)CCCCCCCCCCCCCCCCCCC)COP(=O)(O)OCCN. The van der Waals surface area contributed by atoms with Crippen molar-refractivity contribution in [2.24, 2.45) is 5.73 Å². The van der Waals surface area contributed by atoms with Crippen molar-refractivity contribution >= 4 is 19.8 Å². The fourth-order valence-corrected chi connectivity index (χ4v) is 8.70. The minimum Gasteiger partial charge on any atom is -0.462 e. The number of phosphoric acid groups is 1. The lowest BCUT2D eigenvalue weighted by Gasteiger charge is -2.19. The highest BCUT2D eigenvalue weighted by molar-refractivity contribution is 7.47. The molecule has 2 unspecified atom stereocenters. The van der Waals surface area contributed by atoms with E-state index >= 15 is 0 Å². The van der Waals surface area contributed by atoms with Crippen LogP contribution in [0.1, 0.15) is 271 Å². The molecule has 0 bridgehead atoms. The second-order valence-corrected chi connectivity index (χ2v) is 19.9. The molecule has 65 heavy (non-hydrogen) atoms. The average molecular weight is 938 g/mol. The summed E-state index contributed by atoms with van der Waals surface area (Å²) in [5, 5.41) is 0. The standard InChI is InChI=1S/C55H104NO8P/c1-3-5-7-9-11-13-15-17-19-21-22-23-24-25-26-27-28-29-30-32-34-36-38-40-42-44-46-48-55(58)64-53(52-63-65(59,60)62-50-49-56)51-61-54(57)47-45-43-41-39-37-35-33-31-20-18-16-14-12-10-8-6-4-2/h15,17,21-22,24-25,53H,3-14,16,18-20,23,26-52,56H2,1-2H3,(H,59,60)/b17-15-,22-21-,25-24-. The summed E-state index contributed by atoms with van der Waals surface area (Å²) in [6.45, 7) is 3.77. The van der Waals surface area contributed by atoms with Gasteiger partial charge in [-0.1, -0.05) is 243 Å². The number of hydrogen-bond donors (Lipinski definition) is 2. The number of allylic oxidation sites excluding steroid dienone is 6. The van der Waals surface area contributed by atoms with Gasteiger partial charge in [0.1, 0.15) is 6.61 Å². The lowest BCUT2D eigenvalue weighted by molar-refractivity contribution is -0.161. The van der Waals surface area contributed by atoms with Crippen molar-refractivity contribution in [2.45, 2.75) is 277 Å². The maximum absolute atomic E-state index is 12.7. The van der Waals surface area contributed by atoms with Crippen LogP contribution in [0.15, 0.2) is 36.5 Å². The summed E-state index contributed by atoms with van der Waals surface area (Å²) in [5.74, 6) is -0.817. The molecule has 0 aromatic carbocycles. The van der Waals surface area contributed by atoms with Crippen molar-refractivity contribution in [1.82, 2.24) is 0 Å². The van der Waals surface area contributed by atoms with Crippen LogP contribution in [0.5, 0.6) is 0 Å². The predicted octanol–water partition coefficient (Wildman–Crippen LogP) is 16.8. The topological polar surface area (TPSA) is 134 Å². The van der Waals surface area contributed by atoms with Gasteiger partial charge in [0.2, 0.25) is 0 Å². The van der Waals surface area contributed by atoms with Crippen molar-refractivity contribution in [3.05, 3.63) is 36.5 Å². The van der Waals surface area contributed by atoms with Crippen LogP contribution in [0.2, 0.25) is 0 Å². The van der Waals surface area contributed by atoms with Gasteiger partial charge in [0, 0.05) is 19.4 Å². The first-order valence-electron chi connectivity index (χ1n) is 27.5. The van der Waals surface area contributed by atoms with Gasteiger partial charge in [-0.25, -0.2) is 4.57 Å². The predicted molar refractivity (Wildman–Crippen MR) is 275 cm³/mol. The Labute approximate surface area is 401 Å². The number of hydrogen-bond acceptors (Lipinski definition) is 8. The number of esters is 2. The molecule has 382 valence electrons. The molecule has 3 N–H and O–H groups in total. The summed E-state index contributed by atoms with van der Waals surface area (Å²) in [4.78, 5) is 35.1. The van der Waals surface area contributed by atoms with Crippen molar-refractivity contribution in [1.29, 1.82) is 0 Å². The van der Waals surface area contributed by atoms with Crippen LogP contribution < -0.4 is 5.73 Å². The van der Waals surface area contributed by atoms with Gasteiger partial charge in [0.05, 0.1) is 13.2 Å². The lowest BCUT2D eigenvalue weighted by Crippen LogP contribution is -2.29. The Morgan fingerprint density at radius 3 is 1.18 bits per heavy atom. The molecule has 0 amide bonds. The van der Waals surface area contributed by atoms with Gasteiger partial charge in [-0.15, -0.1) is 0 Å². The van der Waals surface area contributed by atoms with Crippen molar-refractivity contribution in [2.75, 3.05) is 26.4 Å². The van der Waals surface area contributed by atoms with E-state index in [2.05, 4.69) is 50.3 Å². The van der Waals surface area contributed by atoms with Gasteiger partial charge in [-0.2, -0.15) is 0 Å². The van der Waals surface area contributed by atoms with Crippen molar-refractivity contribution in [3.63, 3.8) is 0 Å². The summed E-state index contributed by atoms with van der Waals surface area (Å²) >= 11 is 0.